The first-order valence-corrected chi connectivity index (χ1v) is 9.79. The van der Waals surface area contributed by atoms with Crippen molar-refractivity contribution in [2.45, 2.75) is 6.42 Å². The van der Waals surface area contributed by atoms with Crippen LogP contribution in [-0.4, -0.2) is 69.9 Å². The summed E-state index contributed by atoms with van der Waals surface area (Å²) in [7, 11) is 3.86. The van der Waals surface area contributed by atoms with Crippen LogP contribution in [0.15, 0.2) is 36.7 Å². The monoisotopic (exact) mass is 412 g/mol. The largest absolute Gasteiger partial charge is 0.465 e. The summed E-state index contributed by atoms with van der Waals surface area (Å²) in [5.41, 5.74) is 1.96. The van der Waals surface area contributed by atoms with Crippen molar-refractivity contribution in [1.29, 1.82) is 0 Å². The molecule has 0 radical (unpaired) electrons. The van der Waals surface area contributed by atoms with Gasteiger partial charge in [-0.05, 0) is 29.1 Å². The standard InChI is InChI=1S/C19H21N6O3P/c1-28-19(27)14-10-13(2-3-15(14)29)11-18(26)24-8-6-23(7-9-24)17-5-4-16-21-20-12-25(16)22-17/h2-5,10,12H,6-9,11,29H2,1H3. The van der Waals surface area contributed by atoms with Crippen LogP contribution in [-0.2, 0) is 16.0 Å². The Morgan fingerprint density at radius 3 is 2.69 bits per heavy atom. The van der Waals surface area contributed by atoms with E-state index < -0.39 is 5.97 Å². The van der Waals surface area contributed by atoms with E-state index in [9.17, 15) is 9.59 Å². The Kier molecular flexibility index (Phi) is 5.40. The molecule has 1 fully saturated rings. The normalized spacial score (nSPS) is 14.3. The summed E-state index contributed by atoms with van der Waals surface area (Å²) < 4.78 is 6.44. The predicted molar refractivity (Wildman–Crippen MR) is 110 cm³/mol. The lowest BCUT2D eigenvalue weighted by Crippen LogP contribution is -2.49. The van der Waals surface area contributed by atoms with E-state index in [1.807, 2.05) is 29.2 Å². The van der Waals surface area contributed by atoms with E-state index >= 15 is 0 Å². The molecule has 0 bridgehead atoms. The van der Waals surface area contributed by atoms with E-state index in [1.54, 1.807) is 16.9 Å². The van der Waals surface area contributed by atoms with E-state index in [-0.39, 0.29) is 12.3 Å². The maximum absolute atomic E-state index is 12.7. The summed E-state index contributed by atoms with van der Waals surface area (Å²) in [5.74, 6) is 0.470. The summed E-state index contributed by atoms with van der Waals surface area (Å²) in [5, 5.41) is 13.1. The van der Waals surface area contributed by atoms with Crippen molar-refractivity contribution < 1.29 is 14.3 Å². The molecule has 1 atom stereocenters. The fourth-order valence-electron chi connectivity index (χ4n) is 3.36. The first-order valence-electron chi connectivity index (χ1n) is 9.21. The van der Waals surface area contributed by atoms with E-state index in [0.29, 0.717) is 37.4 Å². The smallest absolute Gasteiger partial charge is 0.338 e. The third kappa shape index (κ3) is 4.05. The second-order valence-corrected chi connectivity index (χ2v) is 7.41. The fourth-order valence-corrected chi connectivity index (χ4v) is 3.66. The van der Waals surface area contributed by atoms with Gasteiger partial charge in [-0.25, -0.2) is 4.79 Å². The second kappa shape index (κ2) is 8.13. The molecule has 1 amide bonds. The number of piperazine rings is 1. The molecular formula is C19H21N6O3P. The number of anilines is 1. The molecule has 0 N–H and O–H groups in total. The lowest BCUT2D eigenvalue weighted by Gasteiger charge is -2.35. The van der Waals surface area contributed by atoms with Crippen molar-refractivity contribution in [2.75, 3.05) is 38.2 Å². The molecule has 0 spiro atoms. The van der Waals surface area contributed by atoms with Crippen LogP contribution in [0.2, 0.25) is 0 Å². The number of fused-ring (bicyclic) bond motifs is 1. The van der Waals surface area contributed by atoms with Gasteiger partial charge in [-0.3, -0.25) is 4.79 Å². The highest BCUT2D eigenvalue weighted by Gasteiger charge is 2.23. The molecule has 150 valence electrons. The zero-order valence-electron chi connectivity index (χ0n) is 16.0. The Morgan fingerprint density at radius 1 is 1.14 bits per heavy atom. The maximum atomic E-state index is 12.7. The van der Waals surface area contributed by atoms with Crippen LogP contribution in [0.3, 0.4) is 0 Å². The molecule has 1 aliphatic rings. The molecule has 0 aliphatic carbocycles. The zero-order chi connectivity index (χ0) is 20.4. The third-order valence-corrected chi connectivity index (χ3v) is 5.49. The number of benzene rings is 1. The highest BCUT2D eigenvalue weighted by Crippen LogP contribution is 2.15. The number of ether oxygens (including phenoxy) is 1. The first kappa shape index (κ1) is 19.3. The van der Waals surface area contributed by atoms with Crippen molar-refractivity contribution in [1.82, 2.24) is 24.7 Å². The predicted octanol–water partition coefficient (Wildman–Crippen LogP) is 0.303. The van der Waals surface area contributed by atoms with E-state index in [2.05, 4.69) is 29.4 Å². The van der Waals surface area contributed by atoms with Gasteiger partial charge in [0.05, 0.1) is 19.1 Å². The Balaban J connectivity index is 1.38. The molecule has 2 aromatic heterocycles. The molecule has 1 aliphatic heterocycles. The average Bonchev–Trinajstić information content (AvgIpc) is 3.22. The van der Waals surface area contributed by atoms with Crippen molar-refractivity contribution in [3.8, 4) is 0 Å². The van der Waals surface area contributed by atoms with Gasteiger partial charge in [0.1, 0.15) is 12.1 Å². The van der Waals surface area contributed by atoms with Gasteiger partial charge < -0.3 is 14.5 Å². The first-order chi connectivity index (χ1) is 14.0. The van der Waals surface area contributed by atoms with Crippen LogP contribution in [0.4, 0.5) is 5.82 Å². The molecule has 1 saturated heterocycles. The zero-order valence-corrected chi connectivity index (χ0v) is 17.1. The SMILES string of the molecule is COC(=O)c1cc(CC(=O)N2CCN(c3ccc4nncn4n3)CC2)ccc1P. The Morgan fingerprint density at radius 2 is 1.93 bits per heavy atom. The molecule has 3 aromatic rings. The van der Waals surface area contributed by atoms with E-state index in [0.717, 1.165) is 16.7 Å². The minimum absolute atomic E-state index is 0.0409. The Bertz CT molecular complexity index is 1060. The molecule has 0 saturated carbocycles. The average molecular weight is 412 g/mol. The van der Waals surface area contributed by atoms with Gasteiger partial charge in [-0.2, -0.15) is 4.52 Å². The molecule has 10 heteroatoms. The Labute approximate surface area is 169 Å². The molecule has 3 heterocycles. The summed E-state index contributed by atoms with van der Waals surface area (Å²) in [4.78, 5) is 28.6. The number of esters is 1. The van der Waals surface area contributed by atoms with Crippen molar-refractivity contribution >= 4 is 37.9 Å². The molecule has 4 rings (SSSR count). The number of aromatic nitrogens is 4. The van der Waals surface area contributed by atoms with Crippen LogP contribution in [0, 0.1) is 0 Å². The quantitative estimate of drug-likeness (QED) is 0.450. The van der Waals surface area contributed by atoms with Gasteiger partial charge in [0.2, 0.25) is 5.91 Å². The molecule has 9 nitrogen and oxygen atoms in total. The topological polar surface area (TPSA) is 92.9 Å². The van der Waals surface area contributed by atoms with Gasteiger partial charge in [-0.1, -0.05) is 12.1 Å². The van der Waals surface area contributed by atoms with E-state index in [4.69, 9.17) is 4.74 Å². The summed E-state index contributed by atoms with van der Waals surface area (Å²) in [6, 6.07) is 9.19. The van der Waals surface area contributed by atoms with Crippen LogP contribution in [0.5, 0.6) is 0 Å². The van der Waals surface area contributed by atoms with Gasteiger partial charge in [-0.15, -0.1) is 24.5 Å². The fraction of sp³-hybridized carbons (Fsp3) is 0.316. The molecular weight excluding hydrogens is 391 g/mol. The highest BCUT2D eigenvalue weighted by molar-refractivity contribution is 7.27. The number of hydrogen-bond donors (Lipinski definition) is 0. The molecule has 1 unspecified atom stereocenters. The third-order valence-electron chi connectivity index (χ3n) is 4.98. The van der Waals surface area contributed by atoms with Crippen LogP contribution in [0.25, 0.3) is 5.65 Å². The maximum Gasteiger partial charge on any atom is 0.338 e. The van der Waals surface area contributed by atoms with Crippen molar-refractivity contribution in [2.24, 2.45) is 0 Å². The van der Waals surface area contributed by atoms with Crippen LogP contribution < -0.4 is 10.2 Å². The summed E-state index contributed by atoms with van der Waals surface area (Å²) >= 11 is 0. The molecule has 1 aromatic carbocycles. The van der Waals surface area contributed by atoms with Crippen molar-refractivity contribution in [3.63, 3.8) is 0 Å². The van der Waals surface area contributed by atoms with Crippen molar-refractivity contribution in [3.05, 3.63) is 47.8 Å². The second-order valence-electron chi connectivity index (χ2n) is 6.78. The minimum Gasteiger partial charge on any atom is -0.465 e. The summed E-state index contributed by atoms with van der Waals surface area (Å²) in [6.07, 6.45) is 1.82. The lowest BCUT2D eigenvalue weighted by atomic mass is 10.1. The highest BCUT2D eigenvalue weighted by atomic mass is 31.0. The van der Waals surface area contributed by atoms with Gasteiger partial charge in [0.25, 0.3) is 0 Å². The number of methoxy groups -OCH3 is 1. The Hall–Kier alpha value is -3.06. The van der Waals surface area contributed by atoms with Crippen LogP contribution >= 0.6 is 9.24 Å². The van der Waals surface area contributed by atoms with Gasteiger partial charge >= 0.3 is 5.97 Å². The number of rotatable bonds is 4. The number of carbonyl (C=O) groups is 2. The van der Waals surface area contributed by atoms with Crippen LogP contribution in [0.1, 0.15) is 15.9 Å². The minimum atomic E-state index is -0.407. The molecule has 29 heavy (non-hydrogen) atoms. The summed E-state index contributed by atoms with van der Waals surface area (Å²) in [6.45, 7) is 2.63. The number of carbonyl (C=O) groups excluding carboxylic acids is 2. The van der Waals surface area contributed by atoms with Gasteiger partial charge in [0.15, 0.2) is 5.65 Å². The number of amides is 1. The number of hydrogen-bond acceptors (Lipinski definition) is 7. The number of nitrogens with zero attached hydrogens (tertiary/aromatic N) is 6. The van der Waals surface area contributed by atoms with E-state index in [1.165, 1.54) is 7.11 Å². The lowest BCUT2D eigenvalue weighted by molar-refractivity contribution is -0.130. The van der Waals surface area contributed by atoms with Gasteiger partial charge in [0, 0.05) is 26.2 Å².